The van der Waals surface area contributed by atoms with Crippen LogP contribution in [-0.2, 0) is 4.79 Å². The Morgan fingerprint density at radius 3 is 2.86 bits per heavy atom. The van der Waals surface area contributed by atoms with Crippen LogP contribution in [0.4, 0.5) is 0 Å². The van der Waals surface area contributed by atoms with Gasteiger partial charge in [-0.15, -0.1) is 0 Å². The van der Waals surface area contributed by atoms with Gasteiger partial charge in [0, 0.05) is 12.4 Å². The van der Waals surface area contributed by atoms with Gasteiger partial charge in [0.25, 0.3) is 0 Å². The predicted molar refractivity (Wildman–Crippen MR) is 79.7 cm³/mol. The zero-order valence-electron chi connectivity index (χ0n) is 11.9. The number of aromatic nitrogens is 2. The number of benzene rings is 1. The van der Waals surface area contributed by atoms with Gasteiger partial charge in [-0.05, 0) is 43.2 Å². The first-order valence-corrected chi connectivity index (χ1v) is 6.50. The van der Waals surface area contributed by atoms with Crippen LogP contribution in [0.25, 0.3) is 11.6 Å². The molecule has 1 atom stereocenters. The molecule has 0 radical (unpaired) electrons. The first-order valence-electron chi connectivity index (χ1n) is 6.50. The fraction of sp³-hybridized carbons (Fsp3) is 0.188. The quantitative estimate of drug-likeness (QED) is 0.914. The van der Waals surface area contributed by atoms with Crippen LogP contribution in [0, 0.1) is 0 Å². The van der Waals surface area contributed by atoms with E-state index >= 15 is 0 Å². The highest BCUT2D eigenvalue weighted by molar-refractivity contribution is 5.78. The molecule has 1 aromatic heterocycles. The average molecular weight is 284 g/mol. The van der Waals surface area contributed by atoms with Gasteiger partial charge in [-0.2, -0.15) is 0 Å². The van der Waals surface area contributed by atoms with E-state index in [0.717, 1.165) is 16.8 Å². The minimum atomic E-state index is -0.994. The van der Waals surface area contributed by atoms with Gasteiger partial charge in [0.1, 0.15) is 5.75 Å². The Morgan fingerprint density at radius 2 is 2.19 bits per heavy atom. The van der Waals surface area contributed by atoms with Crippen LogP contribution in [-0.4, -0.2) is 27.1 Å². The number of hydrogen-bond acceptors (Lipinski definition) is 4. The highest BCUT2D eigenvalue weighted by Gasteiger charge is 2.12. The van der Waals surface area contributed by atoms with Crippen LogP contribution in [0.15, 0.2) is 42.9 Å². The van der Waals surface area contributed by atoms with Crippen molar-refractivity contribution in [3.63, 3.8) is 0 Å². The number of aliphatic carboxylic acids is 1. The number of nitrogens with zero attached hydrogens (tertiary/aromatic N) is 2. The largest absolute Gasteiger partial charge is 0.479 e. The van der Waals surface area contributed by atoms with Crippen molar-refractivity contribution in [3.05, 3.63) is 54.1 Å². The molecule has 0 saturated heterocycles. The molecule has 5 heteroatoms. The van der Waals surface area contributed by atoms with Crippen molar-refractivity contribution in [2.24, 2.45) is 0 Å². The predicted octanol–water partition coefficient (Wildman–Crippen LogP) is 2.89. The van der Waals surface area contributed by atoms with Gasteiger partial charge in [0.2, 0.25) is 0 Å². The maximum atomic E-state index is 10.8. The van der Waals surface area contributed by atoms with Gasteiger partial charge in [0.05, 0.1) is 11.9 Å². The Kier molecular flexibility index (Phi) is 4.66. The number of allylic oxidation sites excluding steroid dienone is 1. The minimum absolute atomic E-state index is 0.519. The Balaban J connectivity index is 2.20. The zero-order valence-corrected chi connectivity index (χ0v) is 11.9. The van der Waals surface area contributed by atoms with E-state index in [-0.39, 0.29) is 0 Å². The SMILES string of the molecule is C/C(=C/c1cccc(OC(C)C(=O)O)c1)c1cnccn1. The van der Waals surface area contributed by atoms with E-state index in [9.17, 15) is 4.79 Å². The van der Waals surface area contributed by atoms with Crippen molar-refractivity contribution < 1.29 is 14.6 Å². The summed E-state index contributed by atoms with van der Waals surface area (Å²) in [5.41, 5.74) is 2.67. The Labute approximate surface area is 122 Å². The number of carboxylic acids is 1. The lowest BCUT2D eigenvalue weighted by molar-refractivity contribution is -0.144. The lowest BCUT2D eigenvalue weighted by Gasteiger charge is -2.10. The second-order valence-corrected chi connectivity index (χ2v) is 4.59. The normalized spacial score (nSPS) is 12.8. The smallest absolute Gasteiger partial charge is 0.344 e. The minimum Gasteiger partial charge on any atom is -0.479 e. The van der Waals surface area contributed by atoms with Crippen molar-refractivity contribution in [3.8, 4) is 5.75 Å². The van der Waals surface area contributed by atoms with Gasteiger partial charge in [-0.3, -0.25) is 9.97 Å². The summed E-state index contributed by atoms with van der Waals surface area (Å²) in [6, 6.07) is 7.26. The van der Waals surface area contributed by atoms with Gasteiger partial charge < -0.3 is 9.84 Å². The van der Waals surface area contributed by atoms with Crippen LogP contribution in [0.1, 0.15) is 25.1 Å². The lowest BCUT2D eigenvalue weighted by atomic mass is 10.1. The van der Waals surface area contributed by atoms with Crippen molar-refractivity contribution >= 4 is 17.6 Å². The molecule has 0 aliphatic heterocycles. The van der Waals surface area contributed by atoms with Gasteiger partial charge >= 0.3 is 5.97 Å². The summed E-state index contributed by atoms with van der Waals surface area (Å²) < 4.78 is 5.35. The topological polar surface area (TPSA) is 72.3 Å². The fourth-order valence-electron chi connectivity index (χ4n) is 1.76. The van der Waals surface area contributed by atoms with Gasteiger partial charge in [-0.1, -0.05) is 12.1 Å². The van der Waals surface area contributed by atoms with Crippen LogP contribution < -0.4 is 4.74 Å². The molecular weight excluding hydrogens is 268 g/mol. The molecule has 5 nitrogen and oxygen atoms in total. The second kappa shape index (κ2) is 6.65. The van der Waals surface area contributed by atoms with Crippen molar-refractivity contribution in [2.75, 3.05) is 0 Å². The molecule has 0 aliphatic carbocycles. The standard InChI is InChI=1S/C16H16N2O3/c1-11(15-10-17-6-7-18-15)8-13-4-3-5-14(9-13)21-12(2)16(19)20/h3-10,12H,1-2H3,(H,19,20)/b11-8-. The maximum Gasteiger partial charge on any atom is 0.344 e. The number of ether oxygens (including phenoxy) is 1. The molecular formula is C16H16N2O3. The highest BCUT2D eigenvalue weighted by atomic mass is 16.5. The number of rotatable bonds is 5. The summed E-state index contributed by atoms with van der Waals surface area (Å²) in [5.74, 6) is -0.475. The first-order chi connectivity index (χ1) is 10.1. The summed E-state index contributed by atoms with van der Waals surface area (Å²) in [7, 11) is 0. The van der Waals surface area contributed by atoms with Crippen molar-refractivity contribution in [1.82, 2.24) is 9.97 Å². The molecule has 1 N–H and O–H groups in total. The Morgan fingerprint density at radius 1 is 1.38 bits per heavy atom. The van der Waals surface area contributed by atoms with Gasteiger partial charge in [-0.25, -0.2) is 4.79 Å². The number of carbonyl (C=O) groups is 1. The zero-order chi connectivity index (χ0) is 15.2. The summed E-state index contributed by atoms with van der Waals surface area (Å²) in [6.45, 7) is 3.44. The first kappa shape index (κ1) is 14.7. The van der Waals surface area contributed by atoms with Crippen LogP contribution in [0.2, 0.25) is 0 Å². The average Bonchev–Trinajstić information content (AvgIpc) is 2.48. The van der Waals surface area contributed by atoms with Crippen molar-refractivity contribution in [1.29, 1.82) is 0 Å². The highest BCUT2D eigenvalue weighted by Crippen LogP contribution is 2.19. The van der Waals surface area contributed by atoms with E-state index in [2.05, 4.69) is 9.97 Å². The summed E-state index contributed by atoms with van der Waals surface area (Å²) in [5, 5.41) is 8.85. The van der Waals surface area contributed by atoms with Gasteiger partial charge in [0.15, 0.2) is 6.10 Å². The Bertz CT molecular complexity index is 654. The lowest BCUT2D eigenvalue weighted by Crippen LogP contribution is -2.22. The third kappa shape index (κ3) is 4.14. The second-order valence-electron chi connectivity index (χ2n) is 4.59. The monoisotopic (exact) mass is 284 g/mol. The Hall–Kier alpha value is -2.69. The summed E-state index contributed by atoms with van der Waals surface area (Å²) in [6.07, 6.45) is 6.02. The van der Waals surface area contributed by atoms with E-state index in [1.807, 2.05) is 25.1 Å². The molecule has 1 unspecified atom stereocenters. The molecule has 0 bridgehead atoms. The summed E-state index contributed by atoms with van der Waals surface area (Å²) >= 11 is 0. The molecule has 0 amide bonds. The van der Waals surface area contributed by atoms with E-state index in [1.54, 1.807) is 30.7 Å². The van der Waals surface area contributed by atoms with E-state index < -0.39 is 12.1 Å². The van der Waals surface area contributed by atoms with Crippen LogP contribution in [0.5, 0.6) is 5.75 Å². The number of hydrogen-bond donors (Lipinski definition) is 1. The molecule has 1 heterocycles. The van der Waals surface area contributed by atoms with Crippen molar-refractivity contribution in [2.45, 2.75) is 20.0 Å². The molecule has 2 rings (SSSR count). The van der Waals surface area contributed by atoms with Crippen LogP contribution in [0.3, 0.4) is 0 Å². The van der Waals surface area contributed by atoms with Crippen LogP contribution >= 0.6 is 0 Å². The summed E-state index contributed by atoms with van der Waals surface area (Å²) in [4.78, 5) is 19.1. The molecule has 108 valence electrons. The van der Waals surface area contributed by atoms with E-state index in [4.69, 9.17) is 9.84 Å². The van der Waals surface area contributed by atoms with E-state index in [0.29, 0.717) is 5.75 Å². The number of carboxylic acid groups (broad SMARTS) is 1. The molecule has 2 aromatic rings. The molecule has 0 saturated carbocycles. The molecule has 0 spiro atoms. The molecule has 1 aromatic carbocycles. The third-order valence-corrected chi connectivity index (χ3v) is 2.87. The third-order valence-electron chi connectivity index (χ3n) is 2.87. The molecule has 0 fully saturated rings. The molecule has 0 aliphatic rings. The van der Waals surface area contributed by atoms with E-state index in [1.165, 1.54) is 6.92 Å². The fourth-order valence-corrected chi connectivity index (χ4v) is 1.76. The molecule has 21 heavy (non-hydrogen) atoms. The maximum absolute atomic E-state index is 10.8.